The van der Waals surface area contributed by atoms with Crippen LogP contribution in [-0.2, 0) is 0 Å². The molecule has 1 N–H and O–H groups in total. The highest BCUT2D eigenvalue weighted by molar-refractivity contribution is 7.99. The van der Waals surface area contributed by atoms with E-state index in [9.17, 15) is 0 Å². The van der Waals surface area contributed by atoms with Crippen molar-refractivity contribution in [2.24, 2.45) is 10.2 Å². The minimum absolute atomic E-state index is 0.465. The van der Waals surface area contributed by atoms with Gasteiger partial charge in [-0.1, -0.05) is 54.2 Å². The van der Waals surface area contributed by atoms with E-state index in [4.69, 9.17) is 4.74 Å². The topological polar surface area (TPSA) is 76.7 Å². The van der Waals surface area contributed by atoms with E-state index in [1.54, 1.807) is 29.8 Å². The molecule has 0 atom stereocenters. The van der Waals surface area contributed by atoms with Gasteiger partial charge in [0.2, 0.25) is 5.16 Å². The summed E-state index contributed by atoms with van der Waals surface area (Å²) in [5.74, 6) is 1.97. The van der Waals surface area contributed by atoms with Crippen LogP contribution in [0.1, 0.15) is 11.1 Å². The Morgan fingerprint density at radius 2 is 1.92 bits per heavy atom. The van der Waals surface area contributed by atoms with E-state index in [2.05, 4.69) is 25.8 Å². The first kappa shape index (κ1) is 16.3. The Morgan fingerprint density at radius 3 is 2.77 bits per heavy atom. The van der Waals surface area contributed by atoms with Crippen LogP contribution in [0.3, 0.4) is 0 Å². The van der Waals surface area contributed by atoms with Crippen molar-refractivity contribution in [2.45, 2.75) is 5.16 Å². The standard InChI is InChI=1S/C18H16N6OS/c1-25-16-10-6-5-9-14(16)11-19-20-17-21-22-18-24(17)23-15(12-26-18)13-7-3-2-4-8-13/h2-11H,12H2,1H3,(H,20,21)/b19-11+. The number of hydrazone groups is 1. The molecule has 0 fully saturated rings. The van der Waals surface area contributed by atoms with E-state index in [-0.39, 0.29) is 0 Å². The normalized spacial score (nSPS) is 13.3. The molecule has 1 aromatic heterocycles. The second-order valence-electron chi connectivity index (χ2n) is 5.43. The number of benzene rings is 2. The Balaban J connectivity index is 1.56. The largest absolute Gasteiger partial charge is 0.496 e. The van der Waals surface area contributed by atoms with Crippen LogP contribution in [0, 0.1) is 0 Å². The lowest BCUT2D eigenvalue weighted by Gasteiger charge is -2.13. The fourth-order valence-corrected chi connectivity index (χ4v) is 3.34. The van der Waals surface area contributed by atoms with Crippen molar-refractivity contribution in [2.75, 3.05) is 18.3 Å². The van der Waals surface area contributed by atoms with Gasteiger partial charge in [-0.05, 0) is 17.7 Å². The zero-order valence-electron chi connectivity index (χ0n) is 14.0. The first-order chi connectivity index (χ1) is 12.8. The van der Waals surface area contributed by atoms with Gasteiger partial charge in [0.05, 0.1) is 19.0 Å². The molecule has 7 nitrogen and oxygen atoms in total. The summed E-state index contributed by atoms with van der Waals surface area (Å²) in [4.78, 5) is 0. The van der Waals surface area contributed by atoms with Crippen LogP contribution in [0.5, 0.6) is 5.75 Å². The highest BCUT2D eigenvalue weighted by Gasteiger charge is 2.19. The molecule has 1 aliphatic heterocycles. The summed E-state index contributed by atoms with van der Waals surface area (Å²) < 4.78 is 6.99. The molecule has 0 saturated heterocycles. The number of nitrogens with one attached hydrogen (secondary N) is 1. The number of fused-ring (bicyclic) bond motifs is 1. The van der Waals surface area contributed by atoms with Crippen LogP contribution < -0.4 is 10.2 Å². The smallest absolute Gasteiger partial charge is 0.266 e. The summed E-state index contributed by atoms with van der Waals surface area (Å²) >= 11 is 1.60. The second kappa shape index (κ2) is 7.40. The van der Waals surface area contributed by atoms with E-state index in [0.717, 1.165) is 33.5 Å². The molecule has 8 heteroatoms. The maximum atomic E-state index is 5.31. The molecular weight excluding hydrogens is 348 g/mol. The Morgan fingerprint density at radius 1 is 1.12 bits per heavy atom. The molecule has 26 heavy (non-hydrogen) atoms. The van der Waals surface area contributed by atoms with Crippen LogP contribution in [0.4, 0.5) is 5.95 Å². The predicted octanol–water partition coefficient (Wildman–Crippen LogP) is 3.09. The quantitative estimate of drug-likeness (QED) is 0.556. The van der Waals surface area contributed by atoms with Gasteiger partial charge in [0.25, 0.3) is 5.95 Å². The van der Waals surface area contributed by atoms with Gasteiger partial charge in [-0.25, -0.2) is 5.43 Å². The zero-order valence-corrected chi connectivity index (χ0v) is 14.8. The fraction of sp³-hybridized carbons (Fsp3) is 0.111. The third-order valence-electron chi connectivity index (χ3n) is 3.78. The van der Waals surface area contributed by atoms with Crippen LogP contribution >= 0.6 is 11.8 Å². The highest BCUT2D eigenvalue weighted by atomic mass is 32.2. The van der Waals surface area contributed by atoms with Gasteiger partial charge in [-0.2, -0.15) is 14.9 Å². The van der Waals surface area contributed by atoms with Gasteiger partial charge in [-0.3, -0.25) is 0 Å². The molecule has 130 valence electrons. The van der Waals surface area contributed by atoms with Gasteiger partial charge in [0.1, 0.15) is 5.75 Å². The summed E-state index contributed by atoms with van der Waals surface area (Å²) in [5, 5.41) is 17.9. The predicted molar refractivity (Wildman–Crippen MR) is 103 cm³/mol. The summed E-state index contributed by atoms with van der Waals surface area (Å²) in [5.41, 5.74) is 5.83. The molecule has 0 aliphatic carbocycles. The van der Waals surface area contributed by atoms with Crippen molar-refractivity contribution >= 4 is 29.6 Å². The number of ether oxygens (including phenoxy) is 1. The third kappa shape index (κ3) is 3.31. The van der Waals surface area contributed by atoms with E-state index in [1.807, 2.05) is 54.6 Å². The molecule has 0 saturated carbocycles. The van der Waals surface area contributed by atoms with E-state index in [0.29, 0.717) is 5.95 Å². The summed E-state index contributed by atoms with van der Waals surface area (Å²) in [6.45, 7) is 0. The SMILES string of the molecule is COc1ccccc1/C=N/Nc1nnc2n1N=C(c1ccccc1)CS2. The van der Waals surface area contributed by atoms with Crippen LogP contribution in [-0.4, -0.2) is 39.7 Å². The second-order valence-corrected chi connectivity index (χ2v) is 6.37. The van der Waals surface area contributed by atoms with E-state index >= 15 is 0 Å². The van der Waals surface area contributed by atoms with Crippen molar-refractivity contribution in [3.63, 3.8) is 0 Å². The number of nitrogens with zero attached hydrogens (tertiary/aromatic N) is 5. The molecule has 0 spiro atoms. The zero-order chi connectivity index (χ0) is 17.8. The first-order valence-electron chi connectivity index (χ1n) is 7.99. The average Bonchev–Trinajstić information content (AvgIpc) is 3.11. The minimum Gasteiger partial charge on any atom is -0.496 e. The molecule has 3 aromatic rings. The molecule has 0 unspecified atom stereocenters. The van der Waals surface area contributed by atoms with E-state index in [1.165, 1.54) is 0 Å². The van der Waals surface area contributed by atoms with Gasteiger partial charge in [-0.15, -0.1) is 10.2 Å². The number of rotatable bonds is 5. The van der Waals surface area contributed by atoms with Crippen LogP contribution in [0.25, 0.3) is 0 Å². The fourth-order valence-electron chi connectivity index (χ4n) is 2.50. The number of anilines is 1. The van der Waals surface area contributed by atoms with Crippen LogP contribution in [0.2, 0.25) is 0 Å². The Bertz CT molecular complexity index is 967. The molecule has 1 aliphatic rings. The highest BCUT2D eigenvalue weighted by Crippen LogP contribution is 2.25. The molecule has 0 bridgehead atoms. The van der Waals surface area contributed by atoms with E-state index < -0.39 is 0 Å². The lowest BCUT2D eigenvalue weighted by Crippen LogP contribution is -2.14. The first-order valence-corrected chi connectivity index (χ1v) is 8.97. The number of methoxy groups -OCH3 is 1. The maximum absolute atomic E-state index is 5.31. The molecule has 0 amide bonds. The van der Waals surface area contributed by atoms with Crippen molar-refractivity contribution < 1.29 is 4.74 Å². The third-order valence-corrected chi connectivity index (χ3v) is 4.72. The van der Waals surface area contributed by atoms with Crippen molar-refractivity contribution in [1.29, 1.82) is 0 Å². The summed E-state index contributed by atoms with van der Waals surface area (Å²) in [6, 6.07) is 17.7. The van der Waals surface area contributed by atoms with Crippen molar-refractivity contribution in [1.82, 2.24) is 14.9 Å². The molecule has 0 radical (unpaired) electrons. The number of hydrogen-bond acceptors (Lipinski definition) is 7. The molecule has 2 aromatic carbocycles. The van der Waals surface area contributed by atoms with Crippen molar-refractivity contribution in [3.8, 4) is 5.75 Å². The summed E-state index contributed by atoms with van der Waals surface area (Å²) in [6.07, 6.45) is 1.68. The molecular formula is C18H16N6OS. The number of para-hydroxylation sites is 1. The van der Waals surface area contributed by atoms with Crippen molar-refractivity contribution in [3.05, 3.63) is 65.7 Å². The van der Waals surface area contributed by atoms with Gasteiger partial charge in [0, 0.05) is 11.3 Å². The summed E-state index contributed by atoms with van der Waals surface area (Å²) in [7, 11) is 1.63. The Kier molecular flexibility index (Phi) is 4.65. The Hall–Kier alpha value is -3.13. The monoisotopic (exact) mass is 364 g/mol. The molecule has 4 rings (SSSR count). The van der Waals surface area contributed by atoms with Gasteiger partial charge >= 0.3 is 0 Å². The number of hydrogen-bond donors (Lipinski definition) is 1. The Labute approximate surface area is 154 Å². The van der Waals surface area contributed by atoms with Gasteiger partial charge in [0.15, 0.2) is 0 Å². The number of thioether (sulfide) groups is 1. The molecule has 2 heterocycles. The minimum atomic E-state index is 0.465. The lowest BCUT2D eigenvalue weighted by atomic mass is 10.1. The number of aromatic nitrogens is 3. The lowest BCUT2D eigenvalue weighted by molar-refractivity contribution is 0.414. The maximum Gasteiger partial charge on any atom is 0.266 e. The average molecular weight is 364 g/mol. The van der Waals surface area contributed by atoms with Gasteiger partial charge < -0.3 is 4.74 Å². The van der Waals surface area contributed by atoms with Crippen LogP contribution in [0.15, 0.2) is 70.0 Å².